The standard InChI is InChI=1S/C16H20N4O3/c1-3-14-17-15(23-18-14)11-19(2)9-13-10-20(16(21)22-13)12-7-5-4-6-8-12/h4-8,13H,3,9-11H2,1-2H3. The Morgan fingerprint density at radius 3 is 2.83 bits per heavy atom. The molecule has 23 heavy (non-hydrogen) atoms. The van der Waals surface area contributed by atoms with Crippen LogP contribution in [0.15, 0.2) is 34.9 Å². The Bertz CT molecular complexity index is 658. The summed E-state index contributed by atoms with van der Waals surface area (Å²) in [6, 6.07) is 9.53. The van der Waals surface area contributed by atoms with Gasteiger partial charge in [0.2, 0.25) is 5.89 Å². The summed E-state index contributed by atoms with van der Waals surface area (Å²) in [5, 5.41) is 3.88. The first-order chi connectivity index (χ1) is 11.2. The average Bonchev–Trinajstić information content (AvgIpc) is 3.14. The molecule has 2 aromatic rings. The Balaban J connectivity index is 1.55. The molecule has 0 bridgehead atoms. The average molecular weight is 316 g/mol. The smallest absolute Gasteiger partial charge is 0.414 e. The molecule has 1 aromatic heterocycles. The zero-order valence-corrected chi connectivity index (χ0v) is 13.3. The minimum atomic E-state index is -0.305. The van der Waals surface area contributed by atoms with Crippen molar-refractivity contribution in [1.82, 2.24) is 15.0 Å². The van der Waals surface area contributed by atoms with Gasteiger partial charge in [0.25, 0.3) is 0 Å². The van der Waals surface area contributed by atoms with Gasteiger partial charge in [-0.3, -0.25) is 9.80 Å². The second kappa shape index (κ2) is 6.78. The first-order valence-electron chi connectivity index (χ1n) is 7.69. The molecule has 1 unspecified atom stereocenters. The third kappa shape index (κ3) is 3.68. The summed E-state index contributed by atoms with van der Waals surface area (Å²) >= 11 is 0. The number of para-hydroxylation sites is 1. The van der Waals surface area contributed by atoms with Gasteiger partial charge in [-0.2, -0.15) is 4.98 Å². The number of aryl methyl sites for hydroxylation is 1. The number of ether oxygens (including phenoxy) is 1. The number of benzene rings is 1. The van der Waals surface area contributed by atoms with Crippen molar-refractivity contribution in [1.29, 1.82) is 0 Å². The van der Waals surface area contributed by atoms with Gasteiger partial charge in [0.05, 0.1) is 13.1 Å². The number of hydrogen-bond acceptors (Lipinski definition) is 6. The van der Waals surface area contributed by atoms with E-state index in [2.05, 4.69) is 10.1 Å². The number of carbonyl (C=O) groups excluding carboxylic acids is 1. The van der Waals surface area contributed by atoms with E-state index in [0.29, 0.717) is 31.3 Å². The van der Waals surface area contributed by atoms with Gasteiger partial charge in [-0.15, -0.1) is 0 Å². The lowest BCUT2D eigenvalue weighted by Crippen LogP contribution is -2.32. The van der Waals surface area contributed by atoms with Gasteiger partial charge in [-0.25, -0.2) is 4.79 Å². The quantitative estimate of drug-likeness (QED) is 0.812. The summed E-state index contributed by atoms with van der Waals surface area (Å²) in [7, 11) is 1.94. The Morgan fingerprint density at radius 1 is 1.35 bits per heavy atom. The minimum absolute atomic E-state index is 0.179. The largest absolute Gasteiger partial charge is 0.443 e. The zero-order chi connectivity index (χ0) is 16.2. The molecule has 0 N–H and O–H groups in total. The number of hydrogen-bond donors (Lipinski definition) is 0. The second-order valence-electron chi connectivity index (χ2n) is 5.61. The van der Waals surface area contributed by atoms with Crippen molar-refractivity contribution >= 4 is 11.8 Å². The monoisotopic (exact) mass is 316 g/mol. The van der Waals surface area contributed by atoms with E-state index in [0.717, 1.165) is 12.1 Å². The molecule has 1 aromatic carbocycles. The van der Waals surface area contributed by atoms with E-state index in [9.17, 15) is 4.79 Å². The van der Waals surface area contributed by atoms with Crippen LogP contribution in [-0.4, -0.2) is 47.4 Å². The first-order valence-corrected chi connectivity index (χ1v) is 7.69. The van der Waals surface area contributed by atoms with E-state index in [4.69, 9.17) is 9.26 Å². The van der Waals surface area contributed by atoms with Crippen molar-refractivity contribution in [2.45, 2.75) is 26.0 Å². The highest BCUT2D eigenvalue weighted by Crippen LogP contribution is 2.21. The number of cyclic esters (lactones) is 1. The maximum absolute atomic E-state index is 12.0. The molecule has 122 valence electrons. The third-order valence-electron chi connectivity index (χ3n) is 3.69. The van der Waals surface area contributed by atoms with E-state index in [1.807, 2.05) is 49.2 Å². The Hall–Kier alpha value is -2.41. The summed E-state index contributed by atoms with van der Waals surface area (Å²) in [4.78, 5) is 20.0. The molecule has 3 rings (SSSR count). The molecule has 0 spiro atoms. The Labute approximate surface area is 134 Å². The van der Waals surface area contributed by atoms with E-state index < -0.39 is 0 Å². The van der Waals surface area contributed by atoms with Crippen molar-refractivity contribution in [3.05, 3.63) is 42.0 Å². The molecule has 7 nitrogen and oxygen atoms in total. The van der Waals surface area contributed by atoms with Crippen molar-refractivity contribution in [2.75, 3.05) is 25.0 Å². The van der Waals surface area contributed by atoms with Gasteiger partial charge in [0.1, 0.15) is 6.10 Å². The Kier molecular flexibility index (Phi) is 4.57. The number of amides is 1. The number of likely N-dealkylation sites (N-methyl/N-ethyl adjacent to an activating group) is 1. The molecule has 7 heteroatoms. The maximum Gasteiger partial charge on any atom is 0.414 e. The number of anilines is 1. The van der Waals surface area contributed by atoms with Crippen LogP contribution in [0.2, 0.25) is 0 Å². The third-order valence-corrected chi connectivity index (χ3v) is 3.69. The van der Waals surface area contributed by atoms with Crippen LogP contribution in [0.25, 0.3) is 0 Å². The molecule has 1 aliphatic rings. The fourth-order valence-corrected chi connectivity index (χ4v) is 2.58. The molecule has 1 atom stereocenters. The van der Waals surface area contributed by atoms with Crippen molar-refractivity contribution in [3.8, 4) is 0 Å². The zero-order valence-electron chi connectivity index (χ0n) is 13.3. The van der Waals surface area contributed by atoms with E-state index in [-0.39, 0.29) is 12.2 Å². The van der Waals surface area contributed by atoms with Crippen LogP contribution < -0.4 is 4.90 Å². The molecule has 1 saturated heterocycles. The summed E-state index contributed by atoms with van der Waals surface area (Å²) in [6.07, 6.45) is 0.265. The van der Waals surface area contributed by atoms with Crippen molar-refractivity contribution in [3.63, 3.8) is 0 Å². The van der Waals surface area contributed by atoms with Crippen LogP contribution in [-0.2, 0) is 17.7 Å². The lowest BCUT2D eigenvalue weighted by Gasteiger charge is -2.17. The van der Waals surface area contributed by atoms with Crippen molar-refractivity contribution < 1.29 is 14.1 Å². The molecule has 2 heterocycles. The molecular formula is C16H20N4O3. The van der Waals surface area contributed by atoms with Gasteiger partial charge in [-0.05, 0) is 19.2 Å². The fourth-order valence-electron chi connectivity index (χ4n) is 2.58. The second-order valence-corrected chi connectivity index (χ2v) is 5.61. The number of aromatic nitrogens is 2. The van der Waals surface area contributed by atoms with Crippen LogP contribution >= 0.6 is 0 Å². The number of carbonyl (C=O) groups is 1. The van der Waals surface area contributed by atoms with Crippen LogP contribution in [0, 0.1) is 0 Å². The molecule has 0 aliphatic carbocycles. The molecule has 0 saturated carbocycles. The SMILES string of the molecule is CCc1noc(CN(C)CC2CN(c3ccccc3)C(=O)O2)n1. The predicted octanol–water partition coefficient (Wildman–Crippen LogP) is 2.09. The van der Waals surface area contributed by atoms with Crippen molar-refractivity contribution in [2.24, 2.45) is 0 Å². The summed E-state index contributed by atoms with van der Waals surface area (Å²) in [5.74, 6) is 1.28. The summed E-state index contributed by atoms with van der Waals surface area (Å²) in [5.41, 5.74) is 0.854. The normalized spacial score (nSPS) is 17.8. The molecule has 1 fully saturated rings. The highest BCUT2D eigenvalue weighted by molar-refractivity contribution is 5.89. The van der Waals surface area contributed by atoms with Crippen LogP contribution in [0.4, 0.5) is 10.5 Å². The topological polar surface area (TPSA) is 71.7 Å². The first kappa shape index (κ1) is 15.5. The van der Waals surface area contributed by atoms with Gasteiger partial charge in [0, 0.05) is 18.7 Å². The minimum Gasteiger partial charge on any atom is -0.443 e. The molecule has 0 radical (unpaired) electrons. The molecule has 1 amide bonds. The predicted molar refractivity (Wildman–Crippen MR) is 84.1 cm³/mol. The highest BCUT2D eigenvalue weighted by atomic mass is 16.6. The molecule has 1 aliphatic heterocycles. The number of rotatable bonds is 6. The highest BCUT2D eigenvalue weighted by Gasteiger charge is 2.33. The molecular weight excluding hydrogens is 296 g/mol. The van der Waals surface area contributed by atoms with Gasteiger partial charge in [0.15, 0.2) is 5.82 Å². The van der Waals surface area contributed by atoms with Gasteiger partial charge in [-0.1, -0.05) is 30.3 Å². The van der Waals surface area contributed by atoms with E-state index >= 15 is 0 Å². The number of nitrogens with zero attached hydrogens (tertiary/aromatic N) is 4. The fraction of sp³-hybridized carbons (Fsp3) is 0.438. The summed E-state index contributed by atoms with van der Waals surface area (Å²) in [6.45, 7) is 3.66. The maximum atomic E-state index is 12.0. The summed E-state index contributed by atoms with van der Waals surface area (Å²) < 4.78 is 10.6. The van der Waals surface area contributed by atoms with Crippen LogP contribution in [0.5, 0.6) is 0 Å². The lowest BCUT2D eigenvalue weighted by atomic mass is 10.2. The van der Waals surface area contributed by atoms with E-state index in [1.165, 1.54) is 0 Å². The van der Waals surface area contributed by atoms with Gasteiger partial charge < -0.3 is 9.26 Å². The van der Waals surface area contributed by atoms with E-state index in [1.54, 1.807) is 4.90 Å². The van der Waals surface area contributed by atoms with Crippen LogP contribution in [0.1, 0.15) is 18.6 Å². The van der Waals surface area contributed by atoms with Crippen LogP contribution in [0.3, 0.4) is 0 Å². The van der Waals surface area contributed by atoms with Gasteiger partial charge >= 0.3 is 6.09 Å². The lowest BCUT2D eigenvalue weighted by molar-refractivity contribution is 0.112. The Morgan fingerprint density at radius 2 is 2.13 bits per heavy atom.